The summed E-state index contributed by atoms with van der Waals surface area (Å²) in [5.41, 5.74) is 6.81. The van der Waals surface area contributed by atoms with Gasteiger partial charge < -0.3 is 13.8 Å². The van der Waals surface area contributed by atoms with Gasteiger partial charge in [-0.2, -0.15) is 0 Å². The van der Waals surface area contributed by atoms with Crippen molar-refractivity contribution in [2.75, 3.05) is 13.1 Å². The van der Waals surface area contributed by atoms with Crippen LogP contribution in [0.15, 0.2) is 0 Å². The Bertz CT molecular complexity index is 28.0. The van der Waals surface area contributed by atoms with Crippen LogP contribution in [0, 0.1) is 0 Å². The first-order valence-electron chi connectivity index (χ1n) is 1.49. The molecule has 0 aromatic carbocycles. The van der Waals surface area contributed by atoms with Crippen molar-refractivity contribution in [3.8, 4) is 0 Å². The van der Waals surface area contributed by atoms with E-state index < -0.39 is 0 Å². The van der Waals surface area contributed by atoms with E-state index in [-0.39, 0.29) is 62.0 Å². The van der Waals surface area contributed by atoms with Crippen molar-refractivity contribution in [2.45, 2.75) is 0 Å². The van der Waals surface area contributed by atoms with E-state index in [1.165, 1.54) is 0 Å². The van der Waals surface area contributed by atoms with Crippen molar-refractivity contribution in [3.05, 3.63) is 0 Å². The molecule has 0 bridgehead atoms. The number of hydrogen-bond acceptors (Lipinski definition) is 3. The molecule has 0 aromatic heterocycles. The minimum absolute atomic E-state index is 0. The Morgan fingerprint density at radius 3 is 2.00 bits per heavy atom. The quantitative estimate of drug-likeness (QED) is 0.253. The molecule has 0 fully saturated rings. The van der Waals surface area contributed by atoms with Crippen LogP contribution in [0.1, 0.15) is 2.85 Å². The van der Waals surface area contributed by atoms with Crippen LogP contribution in [0.4, 0.5) is 0 Å². The summed E-state index contributed by atoms with van der Waals surface area (Å²) < 4.78 is 0. The zero-order chi connectivity index (χ0) is 4.12. The van der Waals surface area contributed by atoms with Crippen molar-refractivity contribution in [2.24, 2.45) is 5.73 Å². The molecule has 0 saturated heterocycles. The topological polar surface area (TPSA) is 58.3 Å². The third kappa shape index (κ3) is 18.1. The van der Waals surface area contributed by atoms with E-state index in [0.29, 0.717) is 13.1 Å². The first-order valence-corrected chi connectivity index (χ1v) is 1.49. The maximum Gasteiger partial charge on any atom is 1.00 e. The number of nitrogens with one attached hydrogen (secondary N) is 1. The molecule has 36 valence electrons. The van der Waals surface area contributed by atoms with E-state index in [4.69, 9.17) is 10.9 Å². The van der Waals surface area contributed by atoms with Crippen molar-refractivity contribution in [3.63, 3.8) is 0 Å². The Labute approximate surface area is 90.5 Å². The van der Waals surface area contributed by atoms with Crippen molar-refractivity contribution < 1.29 is 67.2 Å². The van der Waals surface area contributed by atoms with Gasteiger partial charge in [-0.3, -0.25) is 0 Å². The summed E-state index contributed by atoms with van der Waals surface area (Å²) >= 11 is 0. The Hall–Kier alpha value is 1.88. The molecule has 0 spiro atoms. The molecule has 0 unspecified atom stereocenters. The summed E-state index contributed by atoms with van der Waals surface area (Å²) in [6.07, 6.45) is 0. The fourth-order valence-electron chi connectivity index (χ4n) is 0.0645. The number of nitrogens with two attached hydrogens (primary N) is 1. The van der Waals surface area contributed by atoms with Crippen LogP contribution in [0.3, 0.4) is 0 Å². The van der Waals surface area contributed by atoms with Gasteiger partial charge in [0, 0.05) is 13.1 Å². The van der Waals surface area contributed by atoms with E-state index in [1.807, 2.05) is 5.48 Å². The molecule has 0 aliphatic rings. The fourth-order valence-corrected chi connectivity index (χ4v) is 0.0645. The predicted molar refractivity (Wildman–Crippen MR) is 21.1 cm³/mol. The monoisotopic (exact) mass is 124 g/mol. The SMILES string of the molecule is NCCNO.[H-].[H-].[Na+].[Na+]. The third-order valence-electron chi connectivity index (χ3n) is 0.256. The Morgan fingerprint density at radius 1 is 1.57 bits per heavy atom. The van der Waals surface area contributed by atoms with Gasteiger partial charge in [0.05, 0.1) is 0 Å². The predicted octanol–water partition coefficient (Wildman–Crippen LogP) is -6.84. The van der Waals surface area contributed by atoms with Crippen molar-refractivity contribution >= 4 is 0 Å². The molecule has 7 heavy (non-hydrogen) atoms. The van der Waals surface area contributed by atoms with Crippen LogP contribution in [-0.2, 0) is 0 Å². The average Bonchev–Trinajstić information content (AvgIpc) is 1.41. The van der Waals surface area contributed by atoms with Gasteiger partial charge in [-0.05, 0) is 0 Å². The van der Waals surface area contributed by atoms with Gasteiger partial charge in [-0.1, -0.05) is 0 Å². The summed E-state index contributed by atoms with van der Waals surface area (Å²) in [5.74, 6) is 0. The standard InChI is InChI=1S/C2H8N2O.2Na.2H/c3-1-2-4-5;;;;/h4-5H,1-3H2;;;;/q;2*+1;2*-1. The maximum atomic E-state index is 7.74. The van der Waals surface area contributed by atoms with Gasteiger partial charge >= 0.3 is 59.1 Å². The first-order chi connectivity index (χ1) is 2.41. The summed E-state index contributed by atoms with van der Waals surface area (Å²) in [6, 6.07) is 0. The molecule has 0 rings (SSSR count). The molecule has 0 amide bonds. The zero-order valence-electron chi connectivity index (χ0n) is 6.94. The number of rotatable bonds is 2. The summed E-state index contributed by atoms with van der Waals surface area (Å²) in [4.78, 5) is 0. The van der Waals surface area contributed by atoms with Crippen LogP contribution in [0.2, 0.25) is 0 Å². The number of hydrogen-bond donors (Lipinski definition) is 3. The second kappa shape index (κ2) is 15.7. The normalized spacial score (nSPS) is 6.00. The fraction of sp³-hybridized carbons (Fsp3) is 1.00. The molecule has 0 aliphatic carbocycles. The van der Waals surface area contributed by atoms with Crippen LogP contribution < -0.4 is 70.3 Å². The van der Waals surface area contributed by atoms with E-state index in [0.717, 1.165) is 0 Å². The second-order valence-corrected chi connectivity index (χ2v) is 0.697. The van der Waals surface area contributed by atoms with Gasteiger partial charge in [-0.25, -0.2) is 5.48 Å². The molecule has 0 radical (unpaired) electrons. The van der Waals surface area contributed by atoms with Crippen LogP contribution in [0.5, 0.6) is 0 Å². The smallest absolute Gasteiger partial charge is 1.00 e. The molecule has 3 nitrogen and oxygen atoms in total. The van der Waals surface area contributed by atoms with E-state index in [2.05, 4.69) is 0 Å². The van der Waals surface area contributed by atoms with Crippen molar-refractivity contribution in [1.29, 1.82) is 0 Å². The van der Waals surface area contributed by atoms with E-state index in [9.17, 15) is 0 Å². The van der Waals surface area contributed by atoms with Gasteiger partial charge in [0.1, 0.15) is 0 Å². The molecule has 0 aromatic rings. The molecular formula is C2H10N2Na2O. The molecule has 0 saturated carbocycles. The maximum absolute atomic E-state index is 7.74. The Morgan fingerprint density at radius 2 is 2.00 bits per heavy atom. The Balaban J connectivity index is -0.0000000133. The number of hydroxylamine groups is 1. The van der Waals surface area contributed by atoms with Crippen LogP contribution in [-0.4, -0.2) is 18.3 Å². The average molecular weight is 124 g/mol. The summed E-state index contributed by atoms with van der Waals surface area (Å²) in [6.45, 7) is 0.955. The molecule has 5 heteroatoms. The second-order valence-electron chi connectivity index (χ2n) is 0.697. The Kier molecular flexibility index (Phi) is 35.7. The molecule has 0 atom stereocenters. The first kappa shape index (κ1) is 15.9. The van der Waals surface area contributed by atoms with Crippen LogP contribution in [0.25, 0.3) is 0 Å². The third-order valence-corrected chi connectivity index (χ3v) is 0.256. The van der Waals surface area contributed by atoms with Gasteiger partial charge in [-0.15, -0.1) is 0 Å². The molecule has 4 N–H and O–H groups in total. The van der Waals surface area contributed by atoms with E-state index in [1.54, 1.807) is 0 Å². The van der Waals surface area contributed by atoms with E-state index >= 15 is 0 Å². The van der Waals surface area contributed by atoms with Gasteiger partial charge in [0.15, 0.2) is 0 Å². The van der Waals surface area contributed by atoms with Gasteiger partial charge in [0.2, 0.25) is 0 Å². The summed E-state index contributed by atoms with van der Waals surface area (Å²) in [7, 11) is 0. The van der Waals surface area contributed by atoms with Crippen LogP contribution >= 0.6 is 0 Å². The van der Waals surface area contributed by atoms with Crippen molar-refractivity contribution in [1.82, 2.24) is 5.48 Å². The summed E-state index contributed by atoms with van der Waals surface area (Å²) in [5, 5.41) is 7.74. The molecule has 0 heterocycles. The minimum Gasteiger partial charge on any atom is -1.00 e. The largest absolute Gasteiger partial charge is 1.00 e. The zero-order valence-corrected chi connectivity index (χ0v) is 8.94. The molecular weight excluding hydrogens is 114 g/mol. The molecule has 0 aliphatic heterocycles. The minimum atomic E-state index is 0. The van der Waals surface area contributed by atoms with Gasteiger partial charge in [0.25, 0.3) is 0 Å².